The number of rotatable bonds is 7. The number of anilines is 1. The molecule has 1 aliphatic carbocycles. The van der Waals surface area contributed by atoms with Crippen molar-refractivity contribution in [2.75, 3.05) is 11.0 Å². The van der Waals surface area contributed by atoms with Crippen LogP contribution in [0.2, 0.25) is 4.34 Å². The third kappa shape index (κ3) is 4.68. The Morgan fingerprint density at radius 1 is 1.06 bits per heavy atom. The van der Waals surface area contributed by atoms with Crippen LogP contribution in [-0.4, -0.2) is 34.2 Å². The average Bonchev–Trinajstić information content (AvgIpc) is 3.47. The fourth-order valence-corrected chi connectivity index (χ4v) is 6.47. The van der Waals surface area contributed by atoms with E-state index in [-0.39, 0.29) is 27.0 Å². The first kappa shape index (κ1) is 22.8. The summed E-state index contributed by atoms with van der Waals surface area (Å²) in [4.78, 5) is 11.9. The standard InChI is InChI=1S/C21H18ClNO6S3/c1-31(26,27)14-5-7-16(18-8-9-20(22)30-18)17(11-14)23-32(28,29)19-10-13(21(24)25)4-6-15(19)12-2-3-12/h4-12,23H,2-3H2,1H3,(H,24,25). The highest BCUT2D eigenvalue weighted by atomic mass is 35.5. The predicted octanol–water partition coefficient (Wildman–Crippen LogP) is 4.85. The van der Waals surface area contributed by atoms with Gasteiger partial charge in [0.25, 0.3) is 10.0 Å². The average molecular weight is 512 g/mol. The van der Waals surface area contributed by atoms with Crippen molar-refractivity contribution in [3.8, 4) is 10.4 Å². The molecule has 11 heteroatoms. The van der Waals surface area contributed by atoms with Crippen molar-refractivity contribution >= 4 is 54.5 Å². The zero-order chi connectivity index (χ0) is 23.3. The van der Waals surface area contributed by atoms with E-state index in [0.717, 1.165) is 25.2 Å². The number of carboxylic acids is 1. The summed E-state index contributed by atoms with van der Waals surface area (Å²) in [5.74, 6) is -1.20. The zero-order valence-electron chi connectivity index (χ0n) is 16.7. The van der Waals surface area contributed by atoms with Crippen LogP contribution >= 0.6 is 22.9 Å². The molecule has 32 heavy (non-hydrogen) atoms. The highest BCUT2D eigenvalue weighted by Crippen LogP contribution is 2.44. The predicted molar refractivity (Wildman–Crippen MR) is 124 cm³/mol. The number of carbonyl (C=O) groups is 1. The van der Waals surface area contributed by atoms with E-state index in [4.69, 9.17) is 11.6 Å². The van der Waals surface area contributed by atoms with E-state index in [1.807, 2.05) is 0 Å². The van der Waals surface area contributed by atoms with Crippen molar-refractivity contribution in [1.82, 2.24) is 0 Å². The molecule has 2 aromatic carbocycles. The first-order chi connectivity index (χ1) is 15.0. The molecule has 7 nitrogen and oxygen atoms in total. The Labute approximate surface area is 194 Å². The summed E-state index contributed by atoms with van der Waals surface area (Å²) in [7, 11) is -7.83. The molecule has 1 aliphatic rings. The number of nitrogens with one attached hydrogen (secondary N) is 1. The maximum atomic E-state index is 13.4. The number of hydrogen-bond donors (Lipinski definition) is 2. The minimum Gasteiger partial charge on any atom is -0.478 e. The second-order valence-electron chi connectivity index (χ2n) is 7.52. The lowest BCUT2D eigenvalue weighted by Crippen LogP contribution is -2.17. The molecule has 1 fully saturated rings. The van der Waals surface area contributed by atoms with Gasteiger partial charge in [0, 0.05) is 16.7 Å². The van der Waals surface area contributed by atoms with Gasteiger partial charge in [-0.25, -0.2) is 21.6 Å². The highest BCUT2D eigenvalue weighted by molar-refractivity contribution is 7.92. The molecular formula is C21H18ClNO6S3. The summed E-state index contributed by atoms with van der Waals surface area (Å²) >= 11 is 7.25. The lowest BCUT2D eigenvalue weighted by molar-refractivity contribution is 0.0696. The van der Waals surface area contributed by atoms with Gasteiger partial charge in [0.2, 0.25) is 0 Å². The van der Waals surface area contributed by atoms with Gasteiger partial charge in [0.05, 0.1) is 25.4 Å². The van der Waals surface area contributed by atoms with Crippen LogP contribution < -0.4 is 4.72 Å². The van der Waals surface area contributed by atoms with Crippen LogP contribution in [0.1, 0.15) is 34.7 Å². The quantitative estimate of drug-likeness (QED) is 0.468. The molecule has 168 valence electrons. The molecule has 0 atom stereocenters. The molecule has 1 saturated carbocycles. The van der Waals surface area contributed by atoms with Crippen LogP contribution in [0, 0.1) is 0 Å². The van der Waals surface area contributed by atoms with Crippen molar-refractivity contribution in [3.63, 3.8) is 0 Å². The van der Waals surface area contributed by atoms with Crippen LogP contribution in [0.4, 0.5) is 5.69 Å². The van der Waals surface area contributed by atoms with Gasteiger partial charge in [-0.2, -0.15) is 0 Å². The van der Waals surface area contributed by atoms with Crippen molar-refractivity contribution in [2.45, 2.75) is 28.6 Å². The first-order valence-corrected chi connectivity index (χ1v) is 14.0. The maximum Gasteiger partial charge on any atom is 0.335 e. The monoisotopic (exact) mass is 511 g/mol. The first-order valence-electron chi connectivity index (χ1n) is 9.45. The van der Waals surface area contributed by atoms with E-state index in [2.05, 4.69) is 4.72 Å². The largest absolute Gasteiger partial charge is 0.478 e. The van der Waals surface area contributed by atoms with E-state index in [1.54, 1.807) is 12.1 Å². The highest BCUT2D eigenvalue weighted by Gasteiger charge is 2.32. The smallest absolute Gasteiger partial charge is 0.335 e. The van der Waals surface area contributed by atoms with Gasteiger partial charge in [-0.1, -0.05) is 23.7 Å². The Bertz CT molecular complexity index is 1440. The van der Waals surface area contributed by atoms with Gasteiger partial charge >= 0.3 is 5.97 Å². The number of thiophene rings is 1. The summed E-state index contributed by atoms with van der Waals surface area (Å²) in [6.45, 7) is 0. The summed E-state index contributed by atoms with van der Waals surface area (Å²) in [6, 6.07) is 11.6. The van der Waals surface area contributed by atoms with Gasteiger partial charge < -0.3 is 5.11 Å². The van der Waals surface area contributed by atoms with Crippen molar-refractivity contribution in [2.24, 2.45) is 0 Å². The second-order valence-corrected chi connectivity index (χ2v) is 12.9. The molecule has 0 amide bonds. The number of sulfonamides is 1. The van der Waals surface area contributed by atoms with Crippen molar-refractivity contribution in [1.29, 1.82) is 0 Å². The molecule has 0 bridgehead atoms. The lowest BCUT2D eigenvalue weighted by atomic mass is 10.1. The van der Waals surface area contributed by atoms with Crippen molar-refractivity contribution < 1.29 is 26.7 Å². The SMILES string of the molecule is CS(=O)(=O)c1ccc(-c2ccc(Cl)s2)c(NS(=O)(=O)c2cc(C(=O)O)ccc2C2CC2)c1. The fraction of sp³-hybridized carbons (Fsp3) is 0.190. The van der Waals surface area contributed by atoms with E-state index in [1.165, 1.54) is 41.7 Å². The third-order valence-electron chi connectivity index (χ3n) is 5.07. The molecule has 2 N–H and O–H groups in total. The summed E-state index contributed by atoms with van der Waals surface area (Å²) in [5.41, 5.74) is 0.918. The Morgan fingerprint density at radius 3 is 2.34 bits per heavy atom. The number of hydrogen-bond acceptors (Lipinski definition) is 6. The second kappa shape index (κ2) is 8.18. The fourth-order valence-electron chi connectivity index (χ4n) is 3.34. The third-order valence-corrected chi connectivity index (χ3v) is 8.87. The molecule has 0 aliphatic heterocycles. The molecule has 4 rings (SSSR count). The van der Waals surface area contributed by atoms with Crippen molar-refractivity contribution in [3.05, 3.63) is 64.0 Å². The molecular weight excluding hydrogens is 494 g/mol. The van der Waals surface area contributed by atoms with E-state index in [9.17, 15) is 26.7 Å². The van der Waals surface area contributed by atoms with E-state index < -0.39 is 25.8 Å². The number of halogens is 1. The van der Waals surface area contributed by atoms with Crippen LogP contribution in [0.5, 0.6) is 0 Å². The minimum atomic E-state index is -4.23. The van der Waals surface area contributed by atoms with Crippen LogP contribution in [0.3, 0.4) is 0 Å². The molecule has 3 aromatic rings. The van der Waals surface area contributed by atoms with Gasteiger partial charge in [-0.3, -0.25) is 4.72 Å². The number of benzene rings is 2. The molecule has 0 radical (unpaired) electrons. The summed E-state index contributed by atoms with van der Waals surface area (Å²) in [6.07, 6.45) is 2.67. The Balaban J connectivity index is 1.86. The number of aromatic carboxylic acids is 1. The summed E-state index contributed by atoms with van der Waals surface area (Å²) in [5, 5.41) is 9.34. The van der Waals surface area contributed by atoms with E-state index >= 15 is 0 Å². The lowest BCUT2D eigenvalue weighted by Gasteiger charge is -2.16. The molecule has 1 aromatic heterocycles. The van der Waals surface area contributed by atoms with Crippen LogP contribution in [0.15, 0.2) is 58.3 Å². The molecule has 1 heterocycles. The Hall–Kier alpha value is -2.40. The molecule has 0 spiro atoms. The zero-order valence-corrected chi connectivity index (χ0v) is 19.9. The Morgan fingerprint density at radius 2 is 1.78 bits per heavy atom. The molecule has 0 unspecified atom stereocenters. The topological polar surface area (TPSA) is 118 Å². The summed E-state index contributed by atoms with van der Waals surface area (Å²) < 4.78 is 54.0. The van der Waals surface area contributed by atoms with E-state index in [0.29, 0.717) is 20.3 Å². The molecule has 0 saturated heterocycles. The van der Waals surface area contributed by atoms with Gasteiger partial charge in [0.15, 0.2) is 9.84 Å². The number of sulfone groups is 1. The number of carboxylic acid groups (broad SMARTS) is 1. The Kier molecular flexibility index (Phi) is 5.83. The van der Waals surface area contributed by atoms with Crippen LogP contribution in [0.25, 0.3) is 10.4 Å². The maximum absolute atomic E-state index is 13.4. The normalized spacial score (nSPS) is 14.3. The van der Waals surface area contributed by atoms with Gasteiger partial charge in [-0.05, 0) is 60.7 Å². The van der Waals surface area contributed by atoms with Gasteiger partial charge in [0.1, 0.15) is 0 Å². The van der Waals surface area contributed by atoms with Gasteiger partial charge in [-0.15, -0.1) is 11.3 Å². The minimum absolute atomic E-state index is 0.0438. The van der Waals surface area contributed by atoms with Crippen LogP contribution in [-0.2, 0) is 19.9 Å².